The van der Waals surface area contributed by atoms with Gasteiger partial charge in [0.15, 0.2) is 5.82 Å². The predicted molar refractivity (Wildman–Crippen MR) is 92.2 cm³/mol. The van der Waals surface area contributed by atoms with Gasteiger partial charge in [-0.1, -0.05) is 12.1 Å². The molecule has 3 rings (SSSR count). The van der Waals surface area contributed by atoms with E-state index in [-0.39, 0.29) is 5.92 Å². The van der Waals surface area contributed by atoms with Crippen molar-refractivity contribution in [2.45, 2.75) is 25.9 Å². The van der Waals surface area contributed by atoms with E-state index in [1.165, 1.54) is 5.56 Å². The SMILES string of the molecule is CSCCc1nc(C[C@@H]2COC[C@H]2O)n(-c2cccc(C)c2)n1. The number of thioether (sulfide) groups is 1. The van der Waals surface area contributed by atoms with Gasteiger partial charge in [0.25, 0.3) is 0 Å². The number of aliphatic hydroxyl groups is 1. The Bertz CT molecular complexity index is 659. The maximum Gasteiger partial charge on any atom is 0.152 e. The Kier molecular flexibility index (Phi) is 5.35. The molecule has 1 N–H and O–H groups in total. The van der Waals surface area contributed by atoms with Crippen LogP contribution in [-0.2, 0) is 17.6 Å². The summed E-state index contributed by atoms with van der Waals surface area (Å²) < 4.78 is 7.29. The van der Waals surface area contributed by atoms with E-state index in [0.717, 1.165) is 29.5 Å². The van der Waals surface area contributed by atoms with Gasteiger partial charge < -0.3 is 9.84 Å². The second kappa shape index (κ2) is 7.47. The summed E-state index contributed by atoms with van der Waals surface area (Å²) in [6.07, 6.45) is 3.22. The second-order valence-corrected chi connectivity index (χ2v) is 6.99. The Morgan fingerprint density at radius 1 is 1.39 bits per heavy atom. The topological polar surface area (TPSA) is 60.2 Å². The normalized spacial score (nSPS) is 21.0. The highest BCUT2D eigenvalue weighted by molar-refractivity contribution is 7.98. The molecule has 5 nitrogen and oxygen atoms in total. The van der Waals surface area contributed by atoms with Gasteiger partial charge in [-0.3, -0.25) is 0 Å². The molecule has 1 aromatic carbocycles. The molecule has 0 unspecified atom stereocenters. The fraction of sp³-hybridized carbons (Fsp3) is 0.529. The van der Waals surface area contributed by atoms with Crippen LogP contribution in [-0.4, -0.2) is 51.2 Å². The number of nitrogens with zero attached hydrogens (tertiary/aromatic N) is 3. The van der Waals surface area contributed by atoms with Gasteiger partial charge in [-0.05, 0) is 30.9 Å². The van der Waals surface area contributed by atoms with E-state index in [1.54, 1.807) is 11.8 Å². The molecule has 2 aromatic rings. The summed E-state index contributed by atoms with van der Waals surface area (Å²) >= 11 is 1.79. The Morgan fingerprint density at radius 3 is 2.96 bits per heavy atom. The van der Waals surface area contributed by atoms with E-state index >= 15 is 0 Å². The summed E-state index contributed by atoms with van der Waals surface area (Å²) in [4.78, 5) is 4.72. The number of aryl methyl sites for hydroxylation is 2. The number of ether oxygens (including phenoxy) is 1. The minimum atomic E-state index is -0.410. The average molecular weight is 333 g/mol. The van der Waals surface area contributed by atoms with Crippen molar-refractivity contribution >= 4 is 11.8 Å². The van der Waals surface area contributed by atoms with Crippen molar-refractivity contribution < 1.29 is 9.84 Å². The molecule has 1 aliphatic heterocycles. The molecule has 23 heavy (non-hydrogen) atoms. The zero-order valence-corrected chi connectivity index (χ0v) is 14.4. The largest absolute Gasteiger partial charge is 0.390 e. The highest BCUT2D eigenvalue weighted by Crippen LogP contribution is 2.21. The van der Waals surface area contributed by atoms with Crippen LogP contribution in [0.5, 0.6) is 0 Å². The first-order valence-corrected chi connectivity index (χ1v) is 9.33. The lowest BCUT2D eigenvalue weighted by atomic mass is 10.0. The molecule has 0 radical (unpaired) electrons. The first kappa shape index (κ1) is 16.5. The smallest absolute Gasteiger partial charge is 0.152 e. The highest BCUT2D eigenvalue weighted by atomic mass is 32.2. The van der Waals surface area contributed by atoms with Crippen molar-refractivity contribution in [1.29, 1.82) is 0 Å². The van der Waals surface area contributed by atoms with Gasteiger partial charge in [-0.25, -0.2) is 9.67 Å². The van der Waals surface area contributed by atoms with E-state index in [2.05, 4.69) is 25.3 Å². The van der Waals surface area contributed by atoms with Crippen molar-refractivity contribution in [3.8, 4) is 5.69 Å². The molecule has 0 saturated carbocycles. The Balaban J connectivity index is 1.90. The van der Waals surface area contributed by atoms with Crippen LogP contribution >= 0.6 is 11.8 Å². The van der Waals surface area contributed by atoms with Crippen LogP contribution < -0.4 is 0 Å². The molecule has 1 fully saturated rings. The number of aromatic nitrogens is 3. The minimum absolute atomic E-state index is 0.0937. The summed E-state index contributed by atoms with van der Waals surface area (Å²) in [5, 5.41) is 14.7. The summed E-state index contributed by atoms with van der Waals surface area (Å²) in [7, 11) is 0. The fourth-order valence-corrected chi connectivity index (χ4v) is 3.19. The first-order valence-electron chi connectivity index (χ1n) is 7.94. The monoisotopic (exact) mass is 333 g/mol. The summed E-state index contributed by atoms with van der Waals surface area (Å²) in [6.45, 7) is 3.08. The zero-order valence-electron chi connectivity index (χ0n) is 13.6. The minimum Gasteiger partial charge on any atom is -0.390 e. The van der Waals surface area contributed by atoms with Crippen LogP contribution in [0.3, 0.4) is 0 Å². The van der Waals surface area contributed by atoms with Gasteiger partial charge in [0.2, 0.25) is 0 Å². The van der Waals surface area contributed by atoms with Crippen LogP contribution in [0.15, 0.2) is 24.3 Å². The Hall–Kier alpha value is -1.37. The predicted octanol–water partition coefficient (Wildman–Crippen LogP) is 2.03. The molecule has 1 aliphatic rings. The number of hydrogen-bond acceptors (Lipinski definition) is 5. The summed E-state index contributed by atoms with van der Waals surface area (Å²) in [6, 6.07) is 8.26. The lowest BCUT2D eigenvalue weighted by Crippen LogP contribution is -2.21. The van der Waals surface area contributed by atoms with Crippen LogP contribution in [0.4, 0.5) is 0 Å². The molecular weight excluding hydrogens is 310 g/mol. The average Bonchev–Trinajstić information content (AvgIpc) is 3.12. The molecule has 124 valence electrons. The third-order valence-corrected chi connectivity index (χ3v) is 4.72. The Morgan fingerprint density at radius 2 is 2.26 bits per heavy atom. The third-order valence-electron chi connectivity index (χ3n) is 4.10. The quantitative estimate of drug-likeness (QED) is 0.876. The molecular formula is C17H23N3O2S. The van der Waals surface area contributed by atoms with Gasteiger partial charge in [-0.15, -0.1) is 0 Å². The van der Waals surface area contributed by atoms with Crippen molar-refractivity contribution in [2.75, 3.05) is 25.2 Å². The highest BCUT2D eigenvalue weighted by Gasteiger charge is 2.28. The van der Waals surface area contributed by atoms with Gasteiger partial charge in [0.05, 0.1) is 25.0 Å². The zero-order chi connectivity index (χ0) is 16.2. The molecule has 0 aliphatic carbocycles. The lowest BCUT2D eigenvalue weighted by molar-refractivity contribution is 0.118. The lowest BCUT2D eigenvalue weighted by Gasteiger charge is -2.12. The van der Waals surface area contributed by atoms with E-state index in [4.69, 9.17) is 14.8 Å². The summed E-state index contributed by atoms with van der Waals surface area (Å²) in [5.41, 5.74) is 2.22. The molecule has 1 aromatic heterocycles. The van der Waals surface area contributed by atoms with Gasteiger partial charge >= 0.3 is 0 Å². The molecule has 2 atom stereocenters. The fourth-order valence-electron chi connectivity index (χ4n) is 2.81. The van der Waals surface area contributed by atoms with E-state index in [1.807, 2.05) is 16.8 Å². The molecule has 6 heteroatoms. The second-order valence-electron chi connectivity index (χ2n) is 6.01. The van der Waals surface area contributed by atoms with E-state index in [0.29, 0.717) is 19.6 Å². The van der Waals surface area contributed by atoms with Gasteiger partial charge in [-0.2, -0.15) is 16.9 Å². The van der Waals surface area contributed by atoms with Crippen molar-refractivity contribution in [3.63, 3.8) is 0 Å². The maximum atomic E-state index is 10.0. The van der Waals surface area contributed by atoms with Crippen molar-refractivity contribution in [1.82, 2.24) is 14.8 Å². The number of hydrogen-bond donors (Lipinski definition) is 1. The van der Waals surface area contributed by atoms with Crippen LogP contribution in [0.1, 0.15) is 17.2 Å². The molecule has 0 amide bonds. The van der Waals surface area contributed by atoms with Crippen LogP contribution in [0, 0.1) is 12.8 Å². The van der Waals surface area contributed by atoms with Crippen molar-refractivity contribution in [3.05, 3.63) is 41.5 Å². The molecule has 1 saturated heterocycles. The van der Waals surface area contributed by atoms with E-state index < -0.39 is 6.10 Å². The first-order chi connectivity index (χ1) is 11.2. The number of rotatable bonds is 6. The third kappa shape index (κ3) is 3.94. The molecule has 2 heterocycles. The number of benzene rings is 1. The molecule has 0 bridgehead atoms. The standard InChI is InChI=1S/C17H23N3O2S/c1-12-4-3-5-14(8-12)20-17(9-13-10-22-11-15(13)21)18-16(19-20)6-7-23-2/h3-5,8,13,15,21H,6-7,9-11H2,1-2H3/t13-,15-/m1/s1. The number of aliphatic hydroxyl groups excluding tert-OH is 1. The van der Waals surface area contributed by atoms with Crippen molar-refractivity contribution in [2.24, 2.45) is 5.92 Å². The van der Waals surface area contributed by atoms with Gasteiger partial charge in [0, 0.05) is 24.5 Å². The van der Waals surface area contributed by atoms with Crippen LogP contribution in [0.2, 0.25) is 0 Å². The van der Waals surface area contributed by atoms with E-state index in [9.17, 15) is 5.11 Å². The molecule has 0 spiro atoms. The Labute approximate surface area is 141 Å². The summed E-state index contributed by atoms with van der Waals surface area (Å²) in [5.74, 6) is 2.87. The van der Waals surface area contributed by atoms with Crippen LogP contribution in [0.25, 0.3) is 5.69 Å². The maximum absolute atomic E-state index is 10.0. The van der Waals surface area contributed by atoms with Gasteiger partial charge in [0.1, 0.15) is 5.82 Å².